The average Bonchev–Trinajstić information content (AvgIpc) is 3.11. The highest BCUT2D eigenvalue weighted by molar-refractivity contribution is 7.15. The summed E-state index contributed by atoms with van der Waals surface area (Å²) in [7, 11) is 0. The summed E-state index contributed by atoms with van der Waals surface area (Å²) < 4.78 is 29.5. The van der Waals surface area contributed by atoms with Gasteiger partial charge in [0.05, 0.1) is 0 Å². The Balaban J connectivity index is 1.58. The number of carbonyl (C=O) groups is 1. The van der Waals surface area contributed by atoms with Crippen LogP contribution in [0, 0.1) is 6.92 Å². The minimum absolute atomic E-state index is 0.376. The van der Waals surface area contributed by atoms with Gasteiger partial charge in [-0.1, -0.05) is 11.3 Å². The molecule has 1 aromatic heterocycles. The number of hydrogen-bond acceptors (Lipinski definition) is 9. The van der Waals surface area contributed by atoms with Gasteiger partial charge in [-0.3, -0.25) is 10.1 Å². The third-order valence-electron chi connectivity index (χ3n) is 4.17. The predicted octanol–water partition coefficient (Wildman–Crippen LogP) is 1.18. The summed E-state index contributed by atoms with van der Waals surface area (Å²) in [5.74, 6) is -2.04. The van der Waals surface area contributed by atoms with E-state index in [2.05, 4.69) is 15.5 Å². The van der Waals surface area contributed by atoms with E-state index in [9.17, 15) is 4.79 Å². The van der Waals surface area contributed by atoms with Gasteiger partial charge in [0, 0.05) is 0 Å². The molecule has 10 heteroatoms. The molecule has 0 spiro atoms. The first-order chi connectivity index (χ1) is 11.6. The zero-order valence-electron chi connectivity index (χ0n) is 14.6. The van der Waals surface area contributed by atoms with E-state index in [0.29, 0.717) is 5.13 Å². The molecule has 4 heterocycles. The molecule has 25 heavy (non-hydrogen) atoms. The lowest BCUT2D eigenvalue weighted by Gasteiger charge is -2.36. The first-order valence-electron chi connectivity index (χ1n) is 8.11. The lowest BCUT2D eigenvalue weighted by Crippen LogP contribution is -2.58. The maximum Gasteiger partial charge on any atom is 0.258 e. The number of fused-ring (bicyclic) bond motifs is 3. The number of aromatic nitrogens is 2. The number of anilines is 1. The van der Waals surface area contributed by atoms with E-state index in [0.717, 1.165) is 5.01 Å². The highest BCUT2D eigenvalue weighted by Crippen LogP contribution is 2.44. The first-order valence-corrected chi connectivity index (χ1v) is 8.93. The molecule has 1 N–H and O–H groups in total. The lowest BCUT2D eigenvalue weighted by atomic mass is 9.98. The molecule has 0 bridgehead atoms. The Morgan fingerprint density at radius 2 is 1.64 bits per heavy atom. The van der Waals surface area contributed by atoms with Crippen molar-refractivity contribution in [3.8, 4) is 0 Å². The summed E-state index contributed by atoms with van der Waals surface area (Å²) in [4.78, 5) is 12.8. The molecule has 3 aliphatic heterocycles. The van der Waals surface area contributed by atoms with Crippen LogP contribution in [0.1, 0.15) is 32.7 Å². The Bertz CT molecular complexity index is 693. The van der Waals surface area contributed by atoms with Crippen molar-refractivity contribution < 1.29 is 28.5 Å². The summed E-state index contributed by atoms with van der Waals surface area (Å²) >= 11 is 1.29. The van der Waals surface area contributed by atoms with Gasteiger partial charge in [-0.15, -0.1) is 10.2 Å². The van der Waals surface area contributed by atoms with Crippen molar-refractivity contribution >= 4 is 22.4 Å². The molecule has 3 saturated heterocycles. The molecule has 1 aromatic rings. The van der Waals surface area contributed by atoms with Crippen LogP contribution in [-0.4, -0.2) is 58.4 Å². The molecule has 0 aliphatic carbocycles. The van der Waals surface area contributed by atoms with Crippen molar-refractivity contribution in [3.63, 3.8) is 0 Å². The van der Waals surface area contributed by atoms with Gasteiger partial charge in [0.15, 0.2) is 24.0 Å². The quantitative estimate of drug-likeness (QED) is 0.827. The molecule has 3 fully saturated rings. The molecule has 138 valence electrons. The Labute approximate surface area is 148 Å². The second-order valence-corrected chi connectivity index (χ2v) is 8.39. The zero-order chi connectivity index (χ0) is 18.0. The van der Waals surface area contributed by atoms with Gasteiger partial charge >= 0.3 is 0 Å². The van der Waals surface area contributed by atoms with E-state index in [1.807, 2.05) is 6.92 Å². The number of ether oxygens (including phenoxy) is 5. The minimum Gasteiger partial charge on any atom is -0.342 e. The van der Waals surface area contributed by atoms with Crippen LogP contribution in [0.25, 0.3) is 0 Å². The maximum absolute atomic E-state index is 12.8. The van der Waals surface area contributed by atoms with Crippen LogP contribution < -0.4 is 5.32 Å². The monoisotopic (exact) mass is 371 g/mol. The van der Waals surface area contributed by atoms with Crippen molar-refractivity contribution in [3.05, 3.63) is 5.01 Å². The molecule has 3 aliphatic rings. The molecule has 1 amide bonds. The van der Waals surface area contributed by atoms with E-state index in [1.54, 1.807) is 27.7 Å². The fourth-order valence-electron chi connectivity index (χ4n) is 3.35. The normalized spacial score (nSPS) is 38.2. The van der Waals surface area contributed by atoms with Crippen molar-refractivity contribution in [1.82, 2.24) is 10.2 Å². The number of hydrogen-bond donors (Lipinski definition) is 1. The Hall–Kier alpha value is -1.17. The van der Waals surface area contributed by atoms with Crippen LogP contribution in [0.4, 0.5) is 5.13 Å². The molecule has 4 rings (SSSR count). The van der Waals surface area contributed by atoms with Gasteiger partial charge in [-0.2, -0.15) is 0 Å². The van der Waals surface area contributed by atoms with Crippen LogP contribution in [0.3, 0.4) is 0 Å². The minimum atomic E-state index is -0.908. The second kappa shape index (κ2) is 5.66. The summed E-state index contributed by atoms with van der Waals surface area (Å²) in [6, 6.07) is 0. The van der Waals surface area contributed by atoms with Crippen LogP contribution in [0.5, 0.6) is 0 Å². The number of nitrogens with one attached hydrogen (secondary N) is 1. The van der Waals surface area contributed by atoms with E-state index in [4.69, 9.17) is 23.7 Å². The summed E-state index contributed by atoms with van der Waals surface area (Å²) in [6.45, 7) is 9.00. The average molecular weight is 371 g/mol. The van der Waals surface area contributed by atoms with Crippen LogP contribution in [0.15, 0.2) is 0 Å². The molecular weight excluding hydrogens is 350 g/mol. The largest absolute Gasteiger partial charge is 0.342 e. The molecule has 0 saturated carbocycles. The predicted molar refractivity (Wildman–Crippen MR) is 85.8 cm³/mol. The van der Waals surface area contributed by atoms with Crippen molar-refractivity contribution in [2.24, 2.45) is 0 Å². The number of rotatable bonds is 2. The highest BCUT2D eigenvalue weighted by Gasteiger charge is 2.62. The molecule has 5 atom stereocenters. The smallest absolute Gasteiger partial charge is 0.258 e. The third kappa shape index (κ3) is 3.18. The topological polar surface area (TPSA) is 101 Å². The number of amides is 1. The molecule has 0 aromatic carbocycles. The van der Waals surface area contributed by atoms with Gasteiger partial charge in [0.2, 0.25) is 5.13 Å². The zero-order valence-corrected chi connectivity index (χ0v) is 15.5. The van der Waals surface area contributed by atoms with Crippen molar-refractivity contribution in [1.29, 1.82) is 0 Å². The fraction of sp³-hybridized carbons (Fsp3) is 0.800. The first kappa shape index (κ1) is 17.3. The van der Waals surface area contributed by atoms with E-state index < -0.39 is 42.3 Å². The molecular formula is C15H21N3O6S. The standard InChI is InChI=1S/C15H21N3O6S/c1-6-17-18-13(25-6)16-11(19)9-7-8(22-14(2,3)21-7)10-12(20-9)24-15(4,5)23-10/h7-10,12H,1-5H3,(H,16,18,19)/t7-,8+,9-,10-,12+/m1/s1. The third-order valence-corrected chi connectivity index (χ3v) is 4.92. The second-order valence-electron chi connectivity index (χ2n) is 7.21. The Kier molecular flexibility index (Phi) is 3.91. The molecule has 0 radical (unpaired) electrons. The van der Waals surface area contributed by atoms with E-state index >= 15 is 0 Å². The summed E-state index contributed by atoms with van der Waals surface area (Å²) in [5, 5.41) is 11.7. The Morgan fingerprint density at radius 1 is 1.00 bits per heavy atom. The number of nitrogens with zero attached hydrogens (tertiary/aromatic N) is 2. The Morgan fingerprint density at radius 3 is 2.32 bits per heavy atom. The van der Waals surface area contributed by atoms with Crippen molar-refractivity contribution in [2.75, 3.05) is 5.32 Å². The van der Waals surface area contributed by atoms with E-state index in [1.165, 1.54) is 11.3 Å². The van der Waals surface area contributed by atoms with Gasteiger partial charge in [-0.05, 0) is 34.6 Å². The van der Waals surface area contributed by atoms with Gasteiger partial charge in [0.1, 0.15) is 23.3 Å². The SMILES string of the molecule is Cc1nnc(NC(=O)[C@@H]2O[C@H]3OC(C)(C)O[C@@H]3[C@H]3OC(C)(C)O[C@H]32)s1. The van der Waals surface area contributed by atoms with Crippen LogP contribution in [0.2, 0.25) is 0 Å². The van der Waals surface area contributed by atoms with Crippen LogP contribution >= 0.6 is 11.3 Å². The summed E-state index contributed by atoms with van der Waals surface area (Å²) in [5.41, 5.74) is 0. The molecule has 9 nitrogen and oxygen atoms in total. The van der Waals surface area contributed by atoms with Gasteiger partial charge < -0.3 is 23.7 Å². The van der Waals surface area contributed by atoms with E-state index in [-0.39, 0.29) is 5.91 Å². The summed E-state index contributed by atoms with van der Waals surface area (Å²) in [6.07, 6.45) is -3.16. The van der Waals surface area contributed by atoms with Gasteiger partial charge in [0.25, 0.3) is 5.91 Å². The molecule has 0 unspecified atom stereocenters. The lowest BCUT2D eigenvalue weighted by molar-refractivity contribution is -0.229. The highest BCUT2D eigenvalue weighted by atomic mass is 32.1. The number of carbonyl (C=O) groups excluding carboxylic acids is 1. The number of aryl methyl sites for hydroxylation is 1. The van der Waals surface area contributed by atoms with Gasteiger partial charge in [-0.25, -0.2) is 0 Å². The van der Waals surface area contributed by atoms with Crippen molar-refractivity contribution in [2.45, 2.75) is 76.9 Å². The maximum atomic E-state index is 12.8. The fourth-order valence-corrected chi connectivity index (χ4v) is 3.94. The van der Waals surface area contributed by atoms with Crippen LogP contribution in [-0.2, 0) is 28.5 Å².